The van der Waals surface area contributed by atoms with E-state index < -0.39 is 0 Å². The Bertz CT molecular complexity index is 981. The summed E-state index contributed by atoms with van der Waals surface area (Å²) in [4.78, 5) is 0. The lowest BCUT2D eigenvalue weighted by Crippen LogP contribution is -2.04. The first-order chi connectivity index (χ1) is 13.5. The van der Waals surface area contributed by atoms with Gasteiger partial charge in [-0.1, -0.05) is 45.7 Å². The van der Waals surface area contributed by atoms with Crippen LogP contribution in [0.5, 0.6) is 11.5 Å². The monoisotopic (exact) mass is 571 g/mol. The molecular weight excluding hydrogens is 553 g/mol. The molecule has 0 aromatic heterocycles. The Balaban J connectivity index is 1.74. The molecule has 3 aromatic carbocycles. The maximum Gasteiger partial charge on any atom is 0.174 e. The van der Waals surface area contributed by atoms with Crippen molar-refractivity contribution >= 4 is 55.8 Å². The molecule has 0 atom stereocenters. The van der Waals surface area contributed by atoms with Gasteiger partial charge in [-0.3, -0.25) is 0 Å². The number of ether oxygens (including phenoxy) is 2. The Kier molecular flexibility index (Phi) is 7.48. The molecule has 3 rings (SSSR count). The van der Waals surface area contributed by atoms with Gasteiger partial charge in [0.15, 0.2) is 11.5 Å². The van der Waals surface area contributed by atoms with Gasteiger partial charge in [0.05, 0.1) is 10.7 Å². The number of hydrogen-bond acceptors (Lipinski definition) is 3. The molecule has 0 aliphatic heterocycles. The maximum absolute atomic E-state index is 6.23. The molecule has 0 aliphatic carbocycles. The SMILES string of the molecule is COc1cc(CNc2ccc(Br)cc2C)cc(I)c1OCc1ccccc1Cl. The average Bonchev–Trinajstić information content (AvgIpc) is 2.67. The first-order valence-electron chi connectivity index (χ1n) is 8.70. The molecule has 0 amide bonds. The van der Waals surface area contributed by atoms with Gasteiger partial charge in [-0.05, 0) is 77.0 Å². The van der Waals surface area contributed by atoms with E-state index in [2.05, 4.69) is 69.0 Å². The standard InChI is InChI=1S/C22H20BrClINO2/c1-14-9-17(23)7-8-20(14)26-12-15-10-19(25)22(21(11-15)27-2)28-13-16-5-3-4-6-18(16)24/h3-11,26H,12-13H2,1-2H3. The summed E-state index contributed by atoms with van der Waals surface area (Å²) in [6.07, 6.45) is 0. The normalized spacial score (nSPS) is 10.6. The van der Waals surface area contributed by atoms with Gasteiger partial charge in [0.25, 0.3) is 0 Å². The summed E-state index contributed by atoms with van der Waals surface area (Å²) in [5, 5.41) is 4.18. The van der Waals surface area contributed by atoms with Crippen molar-refractivity contribution in [2.24, 2.45) is 0 Å². The summed E-state index contributed by atoms with van der Waals surface area (Å²) in [5.41, 5.74) is 4.36. The van der Waals surface area contributed by atoms with Crippen molar-refractivity contribution in [2.45, 2.75) is 20.1 Å². The summed E-state index contributed by atoms with van der Waals surface area (Å²) in [6.45, 7) is 3.17. The van der Waals surface area contributed by atoms with Crippen molar-refractivity contribution in [3.05, 3.63) is 84.4 Å². The van der Waals surface area contributed by atoms with Crippen LogP contribution >= 0.6 is 50.1 Å². The van der Waals surface area contributed by atoms with Gasteiger partial charge in [-0.2, -0.15) is 0 Å². The van der Waals surface area contributed by atoms with Crippen LogP contribution in [0.2, 0.25) is 5.02 Å². The van der Waals surface area contributed by atoms with Crippen LogP contribution in [-0.4, -0.2) is 7.11 Å². The van der Waals surface area contributed by atoms with Crippen molar-refractivity contribution in [1.29, 1.82) is 0 Å². The molecule has 3 nitrogen and oxygen atoms in total. The third-order valence-corrected chi connectivity index (χ3v) is 5.95. The van der Waals surface area contributed by atoms with E-state index in [1.54, 1.807) is 7.11 Å². The van der Waals surface area contributed by atoms with Crippen molar-refractivity contribution in [3.8, 4) is 11.5 Å². The minimum Gasteiger partial charge on any atom is -0.493 e. The second kappa shape index (κ2) is 9.85. The lowest BCUT2D eigenvalue weighted by Gasteiger charge is -2.16. The molecule has 6 heteroatoms. The van der Waals surface area contributed by atoms with E-state index in [-0.39, 0.29) is 0 Å². The molecule has 0 spiro atoms. The van der Waals surface area contributed by atoms with E-state index in [0.717, 1.165) is 30.6 Å². The van der Waals surface area contributed by atoms with E-state index in [9.17, 15) is 0 Å². The number of rotatable bonds is 7. The fraction of sp³-hybridized carbons (Fsp3) is 0.182. The highest BCUT2D eigenvalue weighted by molar-refractivity contribution is 14.1. The third kappa shape index (κ3) is 5.33. The zero-order valence-corrected chi connectivity index (χ0v) is 20.1. The minimum absolute atomic E-state index is 0.391. The minimum atomic E-state index is 0.391. The lowest BCUT2D eigenvalue weighted by molar-refractivity contribution is 0.282. The highest BCUT2D eigenvalue weighted by Crippen LogP contribution is 2.35. The summed E-state index contributed by atoms with van der Waals surface area (Å²) in [7, 11) is 1.66. The molecule has 0 fully saturated rings. The maximum atomic E-state index is 6.23. The number of aryl methyl sites for hydroxylation is 1. The van der Waals surface area contributed by atoms with E-state index in [1.807, 2.05) is 36.4 Å². The first kappa shape index (κ1) is 21.3. The molecule has 3 aromatic rings. The van der Waals surface area contributed by atoms with Gasteiger partial charge in [0, 0.05) is 27.3 Å². The lowest BCUT2D eigenvalue weighted by atomic mass is 10.1. The van der Waals surface area contributed by atoms with Gasteiger partial charge < -0.3 is 14.8 Å². The average molecular weight is 573 g/mol. The van der Waals surface area contributed by atoms with Gasteiger partial charge in [0.2, 0.25) is 0 Å². The highest BCUT2D eigenvalue weighted by atomic mass is 127. The summed E-state index contributed by atoms with van der Waals surface area (Å²) in [5.74, 6) is 1.44. The Labute approximate surface area is 192 Å². The largest absolute Gasteiger partial charge is 0.493 e. The fourth-order valence-electron chi connectivity index (χ4n) is 2.80. The van der Waals surface area contributed by atoms with Crippen molar-refractivity contribution < 1.29 is 9.47 Å². The Morgan fingerprint density at radius 2 is 1.89 bits per heavy atom. The number of hydrogen-bond donors (Lipinski definition) is 1. The number of halogens is 3. The number of benzene rings is 3. The van der Waals surface area contributed by atoms with Crippen LogP contribution in [-0.2, 0) is 13.2 Å². The zero-order chi connectivity index (χ0) is 20.1. The molecule has 0 bridgehead atoms. The van der Waals surface area contributed by atoms with Crippen LogP contribution in [0.25, 0.3) is 0 Å². The number of methoxy groups -OCH3 is 1. The van der Waals surface area contributed by atoms with E-state index in [0.29, 0.717) is 23.9 Å². The van der Waals surface area contributed by atoms with Crippen molar-refractivity contribution in [3.63, 3.8) is 0 Å². The molecule has 0 unspecified atom stereocenters. The van der Waals surface area contributed by atoms with Crippen LogP contribution in [0, 0.1) is 10.5 Å². The molecule has 0 saturated carbocycles. The Hall–Kier alpha value is -1.44. The Morgan fingerprint density at radius 3 is 2.61 bits per heavy atom. The number of anilines is 1. The predicted molar refractivity (Wildman–Crippen MR) is 128 cm³/mol. The molecule has 0 aliphatic rings. The van der Waals surface area contributed by atoms with Gasteiger partial charge >= 0.3 is 0 Å². The van der Waals surface area contributed by atoms with Gasteiger partial charge in [-0.15, -0.1) is 0 Å². The predicted octanol–water partition coefficient (Wildman–Crippen LogP) is 7.22. The highest BCUT2D eigenvalue weighted by Gasteiger charge is 2.13. The smallest absolute Gasteiger partial charge is 0.174 e. The van der Waals surface area contributed by atoms with Gasteiger partial charge in [-0.25, -0.2) is 0 Å². The third-order valence-electron chi connectivity index (χ3n) is 4.29. The topological polar surface area (TPSA) is 30.5 Å². The molecule has 0 saturated heterocycles. The second-order valence-corrected chi connectivity index (χ2v) is 8.79. The number of nitrogens with one attached hydrogen (secondary N) is 1. The molecule has 146 valence electrons. The molecule has 0 radical (unpaired) electrons. The summed E-state index contributed by atoms with van der Waals surface area (Å²) < 4.78 is 13.7. The summed E-state index contributed by atoms with van der Waals surface area (Å²) >= 11 is 12.0. The molecule has 28 heavy (non-hydrogen) atoms. The quantitative estimate of drug-likeness (QED) is 0.304. The van der Waals surface area contributed by atoms with E-state index in [4.69, 9.17) is 21.1 Å². The van der Waals surface area contributed by atoms with Crippen LogP contribution < -0.4 is 14.8 Å². The molecule has 1 N–H and O–H groups in total. The van der Waals surface area contributed by atoms with E-state index in [1.165, 1.54) is 5.56 Å². The van der Waals surface area contributed by atoms with Crippen molar-refractivity contribution in [1.82, 2.24) is 0 Å². The van der Waals surface area contributed by atoms with E-state index >= 15 is 0 Å². The van der Waals surface area contributed by atoms with Crippen LogP contribution in [0.3, 0.4) is 0 Å². The first-order valence-corrected chi connectivity index (χ1v) is 11.0. The Morgan fingerprint density at radius 1 is 1.11 bits per heavy atom. The second-order valence-electron chi connectivity index (χ2n) is 6.30. The van der Waals surface area contributed by atoms with Crippen LogP contribution in [0.15, 0.2) is 59.1 Å². The molecular formula is C22H20BrClINO2. The van der Waals surface area contributed by atoms with Crippen LogP contribution in [0.4, 0.5) is 5.69 Å². The fourth-order valence-corrected chi connectivity index (χ4v) is 4.29. The zero-order valence-electron chi connectivity index (χ0n) is 15.6. The van der Waals surface area contributed by atoms with Crippen LogP contribution in [0.1, 0.15) is 16.7 Å². The summed E-state index contributed by atoms with van der Waals surface area (Å²) in [6, 6.07) is 18.0. The van der Waals surface area contributed by atoms with Crippen molar-refractivity contribution in [2.75, 3.05) is 12.4 Å². The molecule has 0 heterocycles. The van der Waals surface area contributed by atoms with Gasteiger partial charge in [0.1, 0.15) is 6.61 Å².